The van der Waals surface area contributed by atoms with Crippen LogP contribution in [0.15, 0.2) is 18.2 Å². The van der Waals surface area contributed by atoms with Crippen LogP contribution in [0.25, 0.3) is 0 Å². The molecule has 1 aromatic rings. The van der Waals surface area contributed by atoms with Gasteiger partial charge in [0.2, 0.25) is 0 Å². The molecule has 0 saturated carbocycles. The van der Waals surface area contributed by atoms with E-state index in [1.54, 1.807) is 0 Å². The SMILES string of the molecule is CCCCCC(C)CC(C)CCc1ccc(C)c(C)c1. The highest BCUT2D eigenvalue weighted by molar-refractivity contribution is 5.29. The molecule has 0 saturated heterocycles. The number of benzene rings is 1. The maximum atomic E-state index is 2.43. The first-order valence-corrected chi connectivity index (χ1v) is 8.59. The fourth-order valence-corrected chi connectivity index (χ4v) is 3.04. The normalized spacial score (nSPS) is 14.2. The minimum absolute atomic E-state index is 0.855. The minimum atomic E-state index is 0.855. The fourth-order valence-electron chi connectivity index (χ4n) is 3.04. The lowest BCUT2D eigenvalue weighted by atomic mass is 9.89. The van der Waals surface area contributed by atoms with Gasteiger partial charge in [-0.05, 0) is 61.6 Å². The van der Waals surface area contributed by atoms with Crippen molar-refractivity contribution in [3.8, 4) is 0 Å². The Labute approximate surface area is 127 Å². The van der Waals surface area contributed by atoms with Crippen LogP contribution < -0.4 is 0 Å². The number of rotatable bonds is 9. The van der Waals surface area contributed by atoms with Crippen molar-refractivity contribution in [3.05, 3.63) is 34.9 Å². The van der Waals surface area contributed by atoms with E-state index in [1.165, 1.54) is 61.6 Å². The molecule has 0 heteroatoms. The van der Waals surface area contributed by atoms with Gasteiger partial charge in [-0.2, -0.15) is 0 Å². The van der Waals surface area contributed by atoms with E-state index in [-0.39, 0.29) is 0 Å². The third-order valence-electron chi connectivity index (χ3n) is 4.60. The number of unbranched alkanes of at least 4 members (excludes halogenated alkanes) is 2. The van der Waals surface area contributed by atoms with Crippen molar-refractivity contribution >= 4 is 0 Å². The minimum Gasteiger partial charge on any atom is -0.0654 e. The fraction of sp³-hybridized carbons (Fsp3) is 0.700. The summed E-state index contributed by atoms with van der Waals surface area (Å²) in [4.78, 5) is 0. The molecule has 2 atom stereocenters. The second-order valence-corrected chi connectivity index (χ2v) is 6.90. The van der Waals surface area contributed by atoms with Crippen LogP contribution in [-0.4, -0.2) is 0 Å². The molecule has 0 aromatic heterocycles. The molecule has 20 heavy (non-hydrogen) atoms. The van der Waals surface area contributed by atoms with Crippen molar-refractivity contribution in [2.24, 2.45) is 11.8 Å². The van der Waals surface area contributed by atoms with E-state index >= 15 is 0 Å². The zero-order chi connectivity index (χ0) is 15.0. The summed E-state index contributed by atoms with van der Waals surface area (Å²) in [6, 6.07) is 6.94. The molecule has 0 aliphatic carbocycles. The van der Waals surface area contributed by atoms with Crippen molar-refractivity contribution < 1.29 is 0 Å². The summed E-state index contributed by atoms with van der Waals surface area (Å²) < 4.78 is 0. The predicted molar refractivity (Wildman–Crippen MR) is 91.3 cm³/mol. The van der Waals surface area contributed by atoms with Crippen LogP contribution >= 0.6 is 0 Å². The van der Waals surface area contributed by atoms with Crippen LogP contribution in [0.1, 0.15) is 76.0 Å². The Morgan fingerprint density at radius 3 is 2.25 bits per heavy atom. The Kier molecular flexibility index (Phi) is 7.95. The number of hydrogen-bond acceptors (Lipinski definition) is 0. The van der Waals surface area contributed by atoms with Gasteiger partial charge in [0.25, 0.3) is 0 Å². The molecule has 0 aliphatic heterocycles. The quantitative estimate of drug-likeness (QED) is 0.452. The number of hydrogen-bond donors (Lipinski definition) is 0. The molecule has 0 N–H and O–H groups in total. The summed E-state index contributed by atoms with van der Waals surface area (Å²) in [5.74, 6) is 1.75. The molecule has 0 bridgehead atoms. The molecule has 1 aromatic carbocycles. The highest BCUT2D eigenvalue weighted by Crippen LogP contribution is 2.22. The molecule has 114 valence electrons. The topological polar surface area (TPSA) is 0 Å². The van der Waals surface area contributed by atoms with E-state index < -0.39 is 0 Å². The first-order chi connectivity index (χ1) is 9.52. The van der Waals surface area contributed by atoms with Gasteiger partial charge in [0.15, 0.2) is 0 Å². The smallest absolute Gasteiger partial charge is 0.0276 e. The van der Waals surface area contributed by atoms with Crippen LogP contribution in [0.2, 0.25) is 0 Å². The van der Waals surface area contributed by atoms with Gasteiger partial charge in [0.05, 0.1) is 0 Å². The molecular formula is C20H34. The molecule has 0 spiro atoms. The van der Waals surface area contributed by atoms with Gasteiger partial charge < -0.3 is 0 Å². The lowest BCUT2D eigenvalue weighted by Gasteiger charge is -2.17. The zero-order valence-corrected chi connectivity index (χ0v) is 14.3. The van der Waals surface area contributed by atoms with Crippen molar-refractivity contribution in [2.45, 2.75) is 79.6 Å². The van der Waals surface area contributed by atoms with Crippen LogP contribution in [0, 0.1) is 25.7 Å². The lowest BCUT2D eigenvalue weighted by Crippen LogP contribution is -2.05. The molecular weight excluding hydrogens is 240 g/mol. The molecule has 0 radical (unpaired) electrons. The Morgan fingerprint density at radius 2 is 1.60 bits per heavy atom. The van der Waals surface area contributed by atoms with Gasteiger partial charge in [-0.15, -0.1) is 0 Å². The third-order valence-corrected chi connectivity index (χ3v) is 4.60. The Hall–Kier alpha value is -0.780. The molecule has 1 rings (SSSR count). The largest absolute Gasteiger partial charge is 0.0654 e. The Bertz CT molecular complexity index is 378. The summed E-state index contributed by atoms with van der Waals surface area (Å²) >= 11 is 0. The zero-order valence-electron chi connectivity index (χ0n) is 14.3. The summed E-state index contributed by atoms with van der Waals surface area (Å²) in [6.07, 6.45) is 9.55. The van der Waals surface area contributed by atoms with Gasteiger partial charge in [0, 0.05) is 0 Å². The summed E-state index contributed by atoms with van der Waals surface area (Å²) in [5.41, 5.74) is 4.35. The van der Waals surface area contributed by atoms with E-state index in [0.717, 1.165) is 11.8 Å². The van der Waals surface area contributed by atoms with Crippen LogP contribution in [-0.2, 0) is 6.42 Å². The summed E-state index contributed by atoms with van der Waals surface area (Å²) in [7, 11) is 0. The Morgan fingerprint density at radius 1 is 0.900 bits per heavy atom. The summed E-state index contributed by atoms with van der Waals surface area (Å²) in [5, 5.41) is 0. The van der Waals surface area contributed by atoms with Crippen molar-refractivity contribution in [3.63, 3.8) is 0 Å². The molecule has 0 nitrogen and oxygen atoms in total. The van der Waals surface area contributed by atoms with Crippen LogP contribution in [0.3, 0.4) is 0 Å². The van der Waals surface area contributed by atoms with Gasteiger partial charge in [-0.1, -0.05) is 64.7 Å². The van der Waals surface area contributed by atoms with E-state index in [9.17, 15) is 0 Å². The van der Waals surface area contributed by atoms with Crippen molar-refractivity contribution in [1.82, 2.24) is 0 Å². The predicted octanol–water partition coefficient (Wildman–Crippen LogP) is 6.48. The van der Waals surface area contributed by atoms with Crippen LogP contribution in [0.4, 0.5) is 0 Å². The molecule has 0 heterocycles. The Balaban J connectivity index is 2.28. The highest BCUT2D eigenvalue weighted by Gasteiger charge is 2.09. The average Bonchev–Trinajstić information content (AvgIpc) is 2.40. The van der Waals surface area contributed by atoms with Gasteiger partial charge in [-0.3, -0.25) is 0 Å². The first kappa shape index (κ1) is 17.3. The van der Waals surface area contributed by atoms with Crippen LogP contribution in [0.5, 0.6) is 0 Å². The van der Waals surface area contributed by atoms with Gasteiger partial charge >= 0.3 is 0 Å². The van der Waals surface area contributed by atoms with Crippen molar-refractivity contribution in [1.29, 1.82) is 0 Å². The third kappa shape index (κ3) is 6.59. The second kappa shape index (κ2) is 9.21. The van der Waals surface area contributed by atoms with Gasteiger partial charge in [0.1, 0.15) is 0 Å². The highest BCUT2D eigenvalue weighted by atomic mass is 14.1. The lowest BCUT2D eigenvalue weighted by molar-refractivity contribution is 0.368. The maximum Gasteiger partial charge on any atom is -0.0276 e. The van der Waals surface area contributed by atoms with E-state index in [0.29, 0.717) is 0 Å². The first-order valence-electron chi connectivity index (χ1n) is 8.59. The monoisotopic (exact) mass is 274 g/mol. The van der Waals surface area contributed by atoms with E-state index in [2.05, 4.69) is 52.8 Å². The average molecular weight is 274 g/mol. The number of aryl methyl sites for hydroxylation is 3. The summed E-state index contributed by atoms with van der Waals surface area (Å²) in [6.45, 7) is 11.6. The van der Waals surface area contributed by atoms with E-state index in [1.807, 2.05) is 0 Å². The van der Waals surface area contributed by atoms with E-state index in [4.69, 9.17) is 0 Å². The molecule has 0 aliphatic rings. The molecule has 0 fully saturated rings. The van der Waals surface area contributed by atoms with Crippen molar-refractivity contribution in [2.75, 3.05) is 0 Å². The molecule has 0 amide bonds. The second-order valence-electron chi connectivity index (χ2n) is 6.90. The standard InChI is InChI=1S/C20H34/c1-6-7-8-9-16(2)14-17(3)10-12-20-13-11-18(4)19(5)15-20/h11,13,15-17H,6-10,12,14H2,1-5H3. The maximum absolute atomic E-state index is 2.43. The molecule has 2 unspecified atom stereocenters. The van der Waals surface area contributed by atoms with Gasteiger partial charge in [-0.25, -0.2) is 0 Å².